The molecular formula is C18H19N5O3S. The molecule has 27 heavy (non-hydrogen) atoms. The predicted molar refractivity (Wildman–Crippen MR) is 105 cm³/mol. The van der Waals surface area contributed by atoms with Crippen LogP contribution in [0.1, 0.15) is 0 Å². The van der Waals surface area contributed by atoms with Crippen molar-refractivity contribution in [3.8, 4) is 22.9 Å². The molecule has 0 aliphatic carbocycles. The van der Waals surface area contributed by atoms with Crippen molar-refractivity contribution >= 4 is 23.4 Å². The minimum atomic E-state index is -0.198. The Bertz CT molecular complexity index is 930. The third kappa shape index (κ3) is 4.32. The van der Waals surface area contributed by atoms with Gasteiger partial charge in [0.1, 0.15) is 0 Å². The van der Waals surface area contributed by atoms with Crippen LogP contribution >= 0.6 is 11.8 Å². The standard InChI is InChI=1S/C18H19N5O3S/c1-25-14-9-8-13(10-15(14)26-2)20-16(24)11-27-18-22-21-17(23(18)19)12-6-4-3-5-7-12/h3-10H,11,19H2,1-2H3,(H,20,24). The van der Waals surface area contributed by atoms with Crippen molar-refractivity contribution in [2.24, 2.45) is 0 Å². The zero-order valence-electron chi connectivity index (χ0n) is 14.9. The van der Waals surface area contributed by atoms with E-state index in [2.05, 4.69) is 15.5 Å². The number of anilines is 1. The Labute approximate surface area is 160 Å². The van der Waals surface area contributed by atoms with Crippen LogP contribution in [0.3, 0.4) is 0 Å². The van der Waals surface area contributed by atoms with E-state index in [1.165, 1.54) is 23.5 Å². The largest absolute Gasteiger partial charge is 0.493 e. The molecule has 0 aliphatic heterocycles. The summed E-state index contributed by atoms with van der Waals surface area (Å²) in [5, 5.41) is 11.4. The van der Waals surface area contributed by atoms with Gasteiger partial charge in [-0.3, -0.25) is 4.79 Å². The van der Waals surface area contributed by atoms with E-state index in [1.807, 2.05) is 30.3 Å². The summed E-state index contributed by atoms with van der Waals surface area (Å²) in [6, 6.07) is 14.7. The van der Waals surface area contributed by atoms with Gasteiger partial charge in [-0.15, -0.1) is 10.2 Å². The molecule has 1 amide bonds. The van der Waals surface area contributed by atoms with Crippen molar-refractivity contribution in [3.05, 3.63) is 48.5 Å². The lowest BCUT2D eigenvalue weighted by Gasteiger charge is -2.10. The fraction of sp³-hybridized carbons (Fsp3) is 0.167. The van der Waals surface area contributed by atoms with E-state index >= 15 is 0 Å². The summed E-state index contributed by atoms with van der Waals surface area (Å²) in [6.45, 7) is 0. The highest BCUT2D eigenvalue weighted by Crippen LogP contribution is 2.30. The van der Waals surface area contributed by atoms with Crippen LogP contribution < -0.4 is 20.6 Å². The average molecular weight is 385 g/mol. The highest BCUT2D eigenvalue weighted by atomic mass is 32.2. The fourth-order valence-electron chi connectivity index (χ4n) is 2.40. The van der Waals surface area contributed by atoms with E-state index < -0.39 is 0 Å². The number of nitrogen functional groups attached to an aromatic ring is 1. The van der Waals surface area contributed by atoms with Gasteiger partial charge >= 0.3 is 0 Å². The summed E-state index contributed by atoms with van der Waals surface area (Å²) in [5.74, 6) is 7.66. The predicted octanol–water partition coefficient (Wildman–Crippen LogP) is 2.41. The van der Waals surface area contributed by atoms with Crippen LogP contribution in [-0.4, -0.2) is 40.8 Å². The molecule has 0 aliphatic rings. The number of thioether (sulfide) groups is 1. The molecule has 3 aromatic rings. The molecule has 0 saturated heterocycles. The summed E-state index contributed by atoms with van der Waals surface area (Å²) in [7, 11) is 3.09. The Hall–Kier alpha value is -3.20. The SMILES string of the molecule is COc1ccc(NC(=O)CSc2nnc(-c3ccccc3)n2N)cc1OC. The lowest BCUT2D eigenvalue weighted by Crippen LogP contribution is -2.16. The van der Waals surface area contributed by atoms with Crippen molar-refractivity contribution in [3.63, 3.8) is 0 Å². The molecule has 9 heteroatoms. The van der Waals surface area contributed by atoms with Gasteiger partial charge in [-0.2, -0.15) is 0 Å². The number of rotatable bonds is 7. The number of carbonyl (C=O) groups excluding carboxylic acids is 1. The Kier molecular flexibility index (Phi) is 5.82. The third-order valence-corrected chi connectivity index (χ3v) is 4.64. The molecule has 8 nitrogen and oxygen atoms in total. The van der Waals surface area contributed by atoms with Gasteiger partial charge in [-0.25, -0.2) is 4.68 Å². The smallest absolute Gasteiger partial charge is 0.234 e. The molecule has 0 saturated carbocycles. The highest BCUT2D eigenvalue weighted by Gasteiger charge is 2.14. The first-order valence-electron chi connectivity index (χ1n) is 8.03. The molecule has 0 spiro atoms. The van der Waals surface area contributed by atoms with Crippen molar-refractivity contribution in [1.29, 1.82) is 0 Å². The van der Waals surface area contributed by atoms with Crippen molar-refractivity contribution in [2.45, 2.75) is 5.16 Å². The number of ether oxygens (including phenoxy) is 2. The molecule has 0 radical (unpaired) electrons. The van der Waals surface area contributed by atoms with Gasteiger partial charge in [-0.05, 0) is 12.1 Å². The van der Waals surface area contributed by atoms with E-state index in [-0.39, 0.29) is 11.7 Å². The fourth-order valence-corrected chi connectivity index (χ4v) is 3.06. The zero-order valence-corrected chi connectivity index (χ0v) is 15.7. The van der Waals surface area contributed by atoms with Crippen LogP contribution in [0, 0.1) is 0 Å². The Morgan fingerprint density at radius 2 is 1.85 bits per heavy atom. The number of hydrogen-bond acceptors (Lipinski definition) is 7. The van der Waals surface area contributed by atoms with Gasteiger partial charge in [0.05, 0.1) is 20.0 Å². The van der Waals surface area contributed by atoms with Crippen LogP contribution in [0.15, 0.2) is 53.7 Å². The normalized spacial score (nSPS) is 10.4. The second kappa shape index (κ2) is 8.45. The zero-order chi connectivity index (χ0) is 19.2. The summed E-state index contributed by atoms with van der Waals surface area (Å²) in [6.07, 6.45) is 0. The first-order chi connectivity index (χ1) is 13.1. The molecule has 0 bridgehead atoms. The van der Waals surface area contributed by atoms with E-state index in [1.54, 1.807) is 25.3 Å². The first-order valence-corrected chi connectivity index (χ1v) is 9.01. The molecule has 3 N–H and O–H groups in total. The Morgan fingerprint density at radius 3 is 2.56 bits per heavy atom. The van der Waals surface area contributed by atoms with Gasteiger partial charge in [0.2, 0.25) is 11.1 Å². The Balaban J connectivity index is 1.62. The van der Waals surface area contributed by atoms with Crippen LogP contribution in [0.4, 0.5) is 5.69 Å². The molecule has 1 heterocycles. The second-order valence-corrected chi connectivity index (χ2v) is 6.39. The molecule has 1 aromatic heterocycles. The number of nitrogens with two attached hydrogens (primary N) is 1. The van der Waals surface area contributed by atoms with Gasteiger partial charge in [0.15, 0.2) is 17.3 Å². The maximum Gasteiger partial charge on any atom is 0.234 e. The monoisotopic (exact) mass is 385 g/mol. The maximum absolute atomic E-state index is 12.2. The number of carbonyl (C=O) groups is 1. The number of aromatic nitrogens is 3. The van der Waals surface area contributed by atoms with Gasteiger partial charge in [0, 0.05) is 17.3 Å². The molecule has 0 fully saturated rings. The molecule has 3 rings (SSSR count). The molecule has 2 aromatic carbocycles. The second-order valence-electron chi connectivity index (χ2n) is 5.45. The minimum Gasteiger partial charge on any atom is -0.493 e. The summed E-state index contributed by atoms with van der Waals surface area (Å²) >= 11 is 1.20. The van der Waals surface area contributed by atoms with Crippen LogP contribution in [0.2, 0.25) is 0 Å². The number of hydrogen-bond donors (Lipinski definition) is 2. The molecule has 0 unspecified atom stereocenters. The van der Waals surface area contributed by atoms with E-state index in [0.29, 0.717) is 28.2 Å². The maximum atomic E-state index is 12.2. The topological polar surface area (TPSA) is 104 Å². The highest BCUT2D eigenvalue weighted by molar-refractivity contribution is 7.99. The average Bonchev–Trinajstić information content (AvgIpc) is 3.07. The number of nitrogens with one attached hydrogen (secondary N) is 1. The molecule has 0 atom stereocenters. The Morgan fingerprint density at radius 1 is 1.11 bits per heavy atom. The quantitative estimate of drug-likeness (QED) is 0.475. The number of benzene rings is 2. The van der Waals surface area contributed by atoms with Gasteiger partial charge in [-0.1, -0.05) is 42.1 Å². The lowest BCUT2D eigenvalue weighted by molar-refractivity contribution is -0.113. The summed E-state index contributed by atoms with van der Waals surface area (Å²) in [4.78, 5) is 12.2. The van der Waals surface area contributed by atoms with Crippen LogP contribution in [0.25, 0.3) is 11.4 Å². The van der Waals surface area contributed by atoms with E-state index in [9.17, 15) is 4.79 Å². The summed E-state index contributed by atoms with van der Waals surface area (Å²) < 4.78 is 11.8. The van der Waals surface area contributed by atoms with Crippen molar-refractivity contribution < 1.29 is 14.3 Å². The summed E-state index contributed by atoms with van der Waals surface area (Å²) in [5.41, 5.74) is 1.46. The van der Waals surface area contributed by atoms with E-state index in [0.717, 1.165) is 5.56 Å². The molecule has 140 valence electrons. The number of nitrogens with zero attached hydrogens (tertiary/aromatic N) is 3. The van der Waals surface area contributed by atoms with E-state index in [4.69, 9.17) is 15.3 Å². The first kappa shape index (κ1) is 18.6. The lowest BCUT2D eigenvalue weighted by atomic mass is 10.2. The van der Waals surface area contributed by atoms with Crippen LogP contribution in [0.5, 0.6) is 11.5 Å². The van der Waals surface area contributed by atoms with Gasteiger partial charge in [0.25, 0.3) is 0 Å². The van der Waals surface area contributed by atoms with Gasteiger partial charge < -0.3 is 20.6 Å². The number of amides is 1. The van der Waals surface area contributed by atoms with Crippen molar-refractivity contribution in [2.75, 3.05) is 31.1 Å². The van der Waals surface area contributed by atoms with Crippen molar-refractivity contribution in [1.82, 2.24) is 14.9 Å². The van der Waals surface area contributed by atoms with Crippen LogP contribution in [-0.2, 0) is 4.79 Å². The molecular weight excluding hydrogens is 366 g/mol. The minimum absolute atomic E-state index is 0.137. The third-order valence-electron chi connectivity index (χ3n) is 3.70. The number of methoxy groups -OCH3 is 2.